The van der Waals surface area contributed by atoms with Gasteiger partial charge >= 0.3 is 0 Å². The van der Waals surface area contributed by atoms with Gasteiger partial charge in [0.15, 0.2) is 0 Å². The summed E-state index contributed by atoms with van der Waals surface area (Å²) >= 11 is 5.87. The minimum absolute atomic E-state index is 0.0633. The van der Waals surface area contributed by atoms with Crippen LogP contribution in [-0.4, -0.2) is 32.0 Å². The Bertz CT molecular complexity index is 971. The lowest BCUT2D eigenvalue weighted by Gasteiger charge is -2.17. The highest BCUT2D eigenvalue weighted by atomic mass is 35.5. The van der Waals surface area contributed by atoms with Gasteiger partial charge in [0, 0.05) is 29.5 Å². The Kier molecular flexibility index (Phi) is 5.33. The molecule has 140 valence electrons. The van der Waals surface area contributed by atoms with Crippen molar-refractivity contribution in [1.82, 2.24) is 24.8 Å². The summed E-state index contributed by atoms with van der Waals surface area (Å²) in [6.07, 6.45) is 4.53. The van der Waals surface area contributed by atoms with Gasteiger partial charge in [-0.1, -0.05) is 11.6 Å². The number of halogens is 2. The van der Waals surface area contributed by atoms with Crippen molar-refractivity contribution in [1.29, 1.82) is 0 Å². The topological polar surface area (TPSA) is 125 Å². The van der Waals surface area contributed by atoms with Gasteiger partial charge in [0.05, 0.1) is 6.04 Å². The molecule has 2 heterocycles. The number of amides is 1. The molecule has 0 aliphatic carbocycles. The normalized spacial score (nSPS) is 12.0. The molecule has 1 unspecified atom stereocenters. The van der Waals surface area contributed by atoms with Crippen molar-refractivity contribution < 1.29 is 9.18 Å². The van der Waals surface area contributed by atoms with Crippen LogP contribution in [0.3, 0.4) is 0 Å². The molecular formula is C17H17ClFN7O. The Morgan fingerprint density at radius 2 is 2.15 bits per heavy atom. The summed E-state index contributed by atoms with van der Waals surface area (Å²) in [6, 6.07) is 3.38. The molecule has 2 aromatic heterocycles. The van der Waals surface area contributed by atoms with Crippen LogP contribution in [-0.2, 0) is 0 Å². The second kappa shape index (κ2) is 7.68. The van der Waals surface area contributed by atoms with Gasteiger partial charge in [-0.25, -0.2) is 14.4 Å². The minimum Gasteiger partial charge on any atom is -0.368 e. The zero-order chi connectivity index (χ0) is 19.6. The van der Waals surface area contributed by atoms with E-state index in [0.717, 1.165) is 5.56 Å². The number of rotatable bonds is 5. The van der Waals surface area contributed by atoms with E-state index in [-0.39, 0.29) is 23.2 Å². The van der Waals surface area contributed by atoms with E-state index in [1.807, 2.05) is 6.92 Å². The molecule has 10 heteroatoms. The molecule has 1 amide bonds. The third-order valence-corrected chi connectivity index (χ3v) is 4.07. The Morgan fingerprint density at radius 3 is 2.85 bits per heavy atom. The van der Waals surface area contributed by atoms with Crippen molar-refractivity contribution >= 4 is 23.5 Å². The van der Waals surface area contributed by atoms with Crippen LogP contribution in [0.1, 0.15) is 27.7 Å². The van der Waals surface area contributed by atoms with Crippen LogP contribution in [0.4, 0.5) is 10.3 Å². The molecule has 0 spiro atoms. The van der Waals surface area contributed by atoms with E-state index in [1.54, 1.807) is 16.8 Å². The molecule has 0 aliphatic heterocycles. The van der Waals surface area contributed by atoms with Crippen LogP contribution >= 0.6 is 11.6 Å². The molecule has 5 N–H and O–H groups in total. The highest BCUT2D eigenvalue weighted by Crippen LogP contribution is 2.20. The number of hydrogen-bond acceptors (Lipinski definition) is 6. The van der Waals surface area contributed by atoms with Crippen molar-refractivity contribution in [2.45, 2.75) is 13.0 Å². The van der Waals surface area contributed by atoms with Gasteiger partial charge in [0.1, 0.15) is 23.7 Å². The molecule has 0 saturated carbocycles. The molecule has 27 heavy (non-hydrogen) atoms. The maximum absolute atomic E-state index is 13.6. The average molecular weight is 390 g/mol. The lowest BCUT2D eigenvalue weighted by atomic mass is 10.1. The molecule has 0 radical (unpaired) electrons. The van der Waals surface area contributed by atoms with Crippen molar-refractivity contribution in [2.75, 3.05) is 12.3 Å². The fourth-order valence-corrected chi connectivity index (χ4v) is 2.78. The van der Waals surface area contributed by atoms with E-state index in [1.165, 1.54) is 24.7 Å². The van der Waals surface area contributed by atoms with Crippen LogP contribution in [0.15, 0.2) is 36.9 Å². The first-order valence-electron chi connectivity index (χ1n) is 7.97. The Labute approximate surface area is 159 Å². The first kappa shape index (κ1) is 18.7. The van der Waals surface area contributed by atoms with Crippen LogP contribution in [0, 0.1) is 12.7 Å². The number of carbonyl (C=O) groups is 1. The minimum atomic E-state index is -0.618. The van der Waals surface area contributed by atoms with Crippen LogP contribution in [0.5, 0.6) is 0 Å². The summed E-state index contributed by atoms with van der Waals surface area (Å²) in [6.45, 7) is 1.88. The van der Waals surface area contributed by atoms with E-state index in [4.69, 9.17) is 23.1 Å². The van der Waals surface area contributed by atoms with Gasteiger partial charge in [-0.2, -0.15) is 4.98 Å². The SMILES string of the molecule is Cc1cnc(N)nc1-n1cnc(C(=O)NC(CN)c2cc(F)cc(Cl)c2)c1. The predicted octanol–water partition coefficient (Wildman–Crippen LogP) is 1.78. The third-order valence-electron chi connectivity index (χ3n) is 3.85. The third kappa shape index (κ3) is 4.21. The summed E-state index contributed by atoms with van der Waals surface area (Å²) in [4.78, 5) is 24.7. The fraction of sp³-hybridized carbons (Fsp3) is 0.176. The number of nitrogen functional groups attached to an aromatic ring is 1. The van der Waals surface area contributed by atoms with E-state index < -0.39 is 17.8 Å². The fourth-order valence-electron chi connectivity index (χ4n) is 2.55. The number of imidazole rings is 1. The lowest BCUT2D eigenvalue weighted by molar-refractivity contribution is 0.0933. The number of aryl methyl sites for hydroxylation is 1. The second-order valence-electron chi connectivity index (χ2n) is 5.87. The molecule has 0 bridgehead atoms. The highest BCUT2D eigenvalue weighted by molar-refractivity contribution is 6.30. The number of aromatic nitrogens is 4. The van der Waals surface area contributed by atoms with E-state index in [9.17, 15) is 9.18 Å². The molecule has 1 atom stereocenters. The molecule has 1 aromatic carbocycles. The maximum atomic E-state index is 13.6. The smallest absolute Gasteiger partial charge is 0.272 e. The number of hydrogen-bond donors (Lipinski definition) is 3. The van der Waals surface area contributed by atoms with Gasteiger partial charge in [0.2, 0.25) is 5.95 Å². The van der Waals surface area contributed by atoms with Gasteiger partial charge in [-0.15, -0.1) is 0 Å². The average Bonchev–Trinajstić information content (AvgIpc) is 3.10. The number of nitrogens with one attached hydrogen (secondary N) is 1. The monoisotopic (exact) mass is 389 g/mol. The maximum Gasteiger partial charge on any atom is 0.272 e. The second-order valence-corrected chi connectivity index (χ2v) is 6.30. The molecule has 0 saturated heterocycles. The van der Waals surface area contributed by atoms with Gasteiger partial charge in [0.25, 0.3) is 5.91 Å². The standard InChI is InChI=1S/C17H17ClFN7O/c1-9-6-22-17(21)25-15(9)26-7-14(23-8-26)16(27)24-13(5-20)10-2-11(18)4-12(19)3-10/h2-4,6-8,13H,5,20H2,1H3,(H,24,27)(H2,21,22,25). The van der Waals surface area contributed by atoms with Crippen molar-refractivity contribution in [3.05, 3.63) is 64.6 Å². The molecule has 8 nitrogen and oxygen atoms in total. The summed E-state index contributed by atoms with van der Waals surface area (Å²) < 4.78 is 15.1. The van der Waals surface area contributed by atoms with E-state index in [2.05, 4.69) is 20.3 Å². The molecule has 0 aliphatic rings. The number of benzene rings is 1. The number of nitrogens with two attached hydrogens (primary N) is 2. The van der Waals surface area contributed by atoms with Crippen molar-refractivity contribution in [3.63, 3.8) is 0 Å². The first-order valence-corrected chi connectivity index (χ1v) is 8.35. The number of nitrogens with zero attached hydrogens (tertiary/aromatic N) is 4. The highest BCUT2D eigenvalue weighted by Gasteiger charge is 2.18. The Hall–Kier alpha value is -3.04. The van der Waals surface area contributed by atoms with Crippen LogP contribution in [0.25, 0.3) is 5.82 Å². The summed E-state index contributed by atoms with van der Waals surface area (Å²) in [5.74, 6) is -0.349. The predicted molar refractivity (Wildman–Crippen MR) is 99.0 cm³/mol. The van der Waals surface area contributed by atoms with Gasteiger partial charge in [-0.3, -0.25) is 9.36 Å². The zero-order valence-electron chi connectivity index (χ0n) is 14.4. The number of carbonyl (C=O) groups excluding carboxylic acids is 1. The lowest BCUT2D eigenvalue weighted by Crippen LogP contribution is -2.33. The molecule has 0 fully saturated rings. The largest absolute Gasteiger partial charge is 0.368 e. The van der Waals surface area contributed by atoms with Gasteiger partial charge < -0.3 is 16.8 Å². The summed E-state index contributed by atoms with van der Waals surface area (Å²) in [5, 5.41) is 2.94. The molecule has 3 rings (SSSR count). The summed E-state index contributed by atoms with van der Waals surface area (Å²) in [5.41, 5.74) is 12.7. The quantitative estimate of drug-likeness (QED) is 0.610. The Balaban J connectivity index is 1.82. The van der Waals surface area contributed by atoms with Crippen LogP contribution in [0.2, 0.25) is 5.02 Å². The van der Waals surface area contributed by atoms with Crippen molar-refractivity contribution in [3.8, 4) is 5.82 Å². The Morgan fingerprint density at radius 1 is 1.37 bits per heavy atom. The summed E-state index contributed by atoms with van der Waals surface area (Å²) in [7, 11) is 0. The first-order chi connectivity index (χ1) is 12.9. The van der Waals surface area contributed by atoms with E-state index in [0.29, 0.717) is 11.4 Å². The number of anilines is 1. The molecule has 3 aromatic rings. The van der Waals surface area contributed by atoms with Crippen molar-refractivity contribution in [2.24, 2.45) is 5.73 Å². The van der Waals surface area contributed by atoms with Gasteiger partial charge in [-0.05, 0) is 30.7 Å². The van der Waals surface area contributed by atoms with E-state index >= 15 is 0 Å². The molecular weight excluding hydrogens is 373 g/mol. The zero-order valence-corrected chi connectivity index (χ0v) is 15.1. The van der Waals surface area contributed by atoms with Crippen LogP contribution < -0.4 is 16.8 Å².